The molecule has 0 atom stereocenters. The van der Waals surface area contributed by atoms with Crippen molar-refractivity contribution >= 4 is 19.4 Å². The monoisotopic (exact) mass is 441 g/mol. The molecule has 170 valence electrons. The smallest absolute Gasteiger partial charge is 0.391 e. The molecule has 0 radical (unpaired) electrons. The molecule has 0 saturated carbocycles. The maximum atomic E-state index is 9.22. The zero-order valence-electron chi connectivity index (χ0n) is 18.7. The lowest BCUT2D eigenvalue weighted by molar-refractivity contribution is 0.0697. The molecule has 0 unspecified atom stereocenters. The molecule has 0 saturated heterocycles. The van der Waals surface area contributed by atoms with Gasteiger partial charge in [-0.2, -0.15) is 0 Å². The summed E-state index contributed by atoms with van der Waals surface area (Å²) in [7, 11) is -2.42. The maximum absolute atomic E-state index is 9.22. The highest BCUT2D eigenvalue weighted by Crippen LogP contribution is 2.40. The van der Waals surface area contributed by atoms with E-state index in [1.54, 1.807) is 0 Å². The van der Waals surface area contributed by atoms with Gasteiger partial charge in [0.2, 0.25) is 0 Å². The van der Waals surface area contributed by atoms with Crippen molar-refractivity contribution in [2.24, 2.45) is 5.73 Å². The van der Waals surface area contributed by atoms with Crippen LogP contribution in [0.3, 0.4) is 0 Å². The van der Waals surface area contributed by atoms with Gasteiger partial charge in [-0.15, -0.1) is 0 Å². The fraction of sp³-hybridized carbons (Fsp3) is 0.545. The Morgan fingerprint density at radius 1 is 0.800 bits per heavy atom. The number of rotatable bonds is 5. The van der Waals surface area contributed by atoms with Crippen LogP contribution in [0.25, 0.3) is 10.8 Å². The van der Waals surface area contributed by atoms with E-state index in [0.717, 1.165) is 16.3 Å². The van der Waals surface area contributed by atoms with Crippen molar-refractivity contribution in [1.82, 2.24) is 0 Å². The molecule has 0 bridgehead atoms. The largest absolute Gasteiger partial charge is 0.427 e. The van der Waals surface area contributed by atoms with E-state index in [1.165, 1.54) is 5.56 Å². The first-order chi connectivity index (χ1) is 13.7. The first kappa shape index (κ1) is 26.7. The second-order valence-electron chi connectivity index (χ2n) is 9.59. The molecule has 0 heterocycles. The summed E-state index contributed by atoms with van der Waals surface area (Å²) in [4.78, 5) is 18.4. The van der Waals surface area contributed by atoms with Crippen LogP contribution in [0.1, 0.15) is 52.7 Å². The minimum atomic E-state index is -2.42. The number of benzene rings is 2. The van der Waals surface area contributed by atoms with E-state index < -0.39 is 34.0 Å². The molecule has 0 fully saturated rings. The van der Waals surface area contributed by atoms with Crippen molar-refractivity contribution in [3.8, 4) is 5.75 Å². The van der Waals surface area contributed by atoms with Crippen LogP contribution in [0.15, 0.2) is 30.3 Å². The first-order valence-electron chi connectivity index (χ1n) is 9.73. The van der Waals surface area contributed by atoms with Gasteiger partial charge in [0.05, 0.1) is 25.4 Å². The van der Waals surface area contributed by atoms with Crippen LogP contribution < -0.4 is 10.3 Å². The van der Waals surface area contributed by atoms with E-state index in [4.69, 9.17) is 25.6 Å². The maximum Gasteiger partial charge on any atom is 0.391 e. The van der Waals surface area contributed by atoms with Crippen LogP contribution in [0.4, 0.5) is 0 Å². The average molecular weight is 442 g/mol. The summed E-state index contributed by atoms with van der Waals surface area (Å²) in [5.74, 6) is 0.541. The Kier molecular flexibility index (Phi) is 9.21. The Morgan fingerprint density at radius 2 is 1.33 bits per heavy atom. The van der Waals surface area contributed by atoms with Crippen molar-refractivity contribution in [1.29, 1.82) is 0 Å². The third-order valence-corrected chi connectivity index (χ3v) is 5.10. The highest BCUT2D eigenvalue weighted by atomic mass is 31.2. The number of nitrogens with two attached hydrogens (primary N) is 1. The van der Waals surface area contributed by atoms with E-state index >= 15 is 0 Å². The number of hydrogen-bond acceptors (Lipinski definition) is 7. The molecule has 30 heavy (non-hydrogen) atoms. The Bertz CT molecular complexity index is 814. The quantitative estimate of drug-likeness (QED) is 0.393. The fourth-order valence-electron chi connectivity index (χ4n) is 2.64. The van der Waals surface area contributed by atoms with E-state index in [0.29, 0.717) is 5.75 Å². The van der Waals surface area contributed by atoms with E-state index in [9.17, 15) is 9.79 Å². The van der Waals surface area contributed by atoms with Crippen molar-refractivity contribution in [3.63, 3.8) is 0 Å². The average Bonchev–Trinajstić information content (AvgIpc) is 2.65. The molecule has 2 rings (SSSR count). The number of aliphatic hydroxyl groups excluding tert-OH is 3. The molecule has 7 nitrogen and oxygen atoms in total. The summed E-state index contributed by atoms with van der Waals surface area (Å²) < 4.78 is 5.25. The molecule has 2 aromatic rings. The number of aliphatic hydroxyl groups is 3. The summed E-state index contributed by atoms with van der Waals surface area (Å²) in [5, 5.41) is 27.2. The molecule has 0 aliphatic carbocycles. The number of hydrogen-bond donors (Lipinski definition) is 6. The fourth-order valence-corrected chi connectivity index (χ4v) is 2.97. The van der Waals surface area contributed by atoms with Gasteiger partial charge in [0, 0.05) is 5.56 Å². The lowest BCUT2D eigenvalue weighted by atomic mass is 9.83. The number of fused-ring (bicyclic) bond motifs is 1. The van der Waals surface area contributed by atoms with Gasteiger partial charge in [-0.05, 0) is 39.3 Å². The summed E-state index contributed by atoms with van der Waals surface area (Å²) in [6, 6.07) is 10.4. The van der Waals surface area contributed by atoms with Crippen LogP contribution in [-0.2, 0) is 10.8 Å². The Morgan fingerprint density at radius 3 is 1.70 bits per heavy atom. The van der Waals surface area contributed by atoms with Gasteiger partial charge in [-0.25, -0.2) is 0 Å². The lowest BCUT2D eigenvalue weighted by Crippen LogP contribution is -2.50. The van der Waals surface area contributed by atoms with Gasteiger partial charge in [0.15, 0.2) is 0 Å². The Labute approximate surface area is 180 Å². The first-order valence-corrected chi connectivity index (χ1v) is 10.9. The zero-order chi connectivity index (χ0) is 23.3. The van der Waals surface area contributed by atoms with Crippen molar-refractivity contribution in [2.45, 2.75) is 57.9 Å². The van der Waals surface area contributed by atoms with Gasteiger partial charge >= 0.3 is 8.60 Å². The summed E-state index contributed by atoms with van der Waals surface area (Å²) in [6.07, 6.45) is 0. The molecule has 8 heteroatoms. The molecular weight excluding hydrogens is 405 g/mol. The molecule has 0 aliphatic heterocycles. The van der Waals surface area contributed by atoms with Gasteiger partial charge < -0.3 is 35.4 Å². The van der Waals surface area contributed by atoms with Crippen molar-refractivity contribution in [3.05, 3.63) is 41.5 Å². The van der Waals surface area contributed by atoms with E-state index in [1.807, 2.05) is 6.07 Å². The van der Waals surface area contributed by atoms with Gasteiger partial charge in [-0.1, -0.05) is 59.7 Å². The van der Waals surface area contributed by atoms with Gasteiger partial charge in [0.1, 0.15) is 5.75 Å². The van der Waals surface area contributed by atoms with E-state index in [-0.39, 0.29) is 10.8 Å². The highest BCUT2D eigenvalue weighted by Gasteiger charge is 2.23. The Balaban J connectivity index is 0.000000479. The Hall–Kier alpha value is -1.31. The van der Waals surface area contributed by atoms with Crippen LogP contribution >= 0.6 is 8.60 Å². The van der Waals surface area contributed by atoms with Crippen LogP contribution in [-0.4, -0.2) is 50.5 Å². The zero-order valence-corrected chi connectivity index (χ0v) is 19.6. The van der Waals surface area contributed by atoms with Crippen molar-refractivity contribution in [2.75, 3.05) is 19.8 Å². The molecule has 0 aromatic heterocycles. The van der Waals surface area contributed by atoms with Gasteiger partial charge in [0.25, 0.3) is 0 Å². The topological polar surface area (TPSA) is 136 Å². The molecular formula is C22H36NO6P. The highest BCUT2D eigenvalue weighted by molar-refractivity contribution is 7.39. The summed E-state index contributed by atoms with van der Waals surface area (Å²) in [6.45, 7) is 11.6. The minimum absolute atomic E-state index is 0.0930. The molecule has 7 N–H and O–H groups in total. The molecule has 0 aliphatic rings. The third kappa shape index (κ3) is 7.43. The van der Waals surface area contributed by atoms with Gasteiger partial charge in [-0.3, -0.25) is 0 Å². The van der Waals surface area contributed by atoms with Crippen molar-refractivity contribution < 1.29 is 29.6 Å². The standard InChI is InChI=1S/C18H25O3P.C4H11NO3/c1-17(2,3)14-8-7-12-11-16(21-22(19)20)15(18(4,5)6)10-13(12)9-14;5-4(1-6,2-7)3-8/h7-11,19-20H,1-6H3;6-8H,1-3,5H2. The normalized spacial score (nSPS) is 12.7. The lowest BCUT2D eigenvalue weighted by Gasteiger charge is -2.24. The second kappa shape index (κ2) is 10.3. The SMILES string of the molecule is CC(C)(C)c1ccc2cc(OP(O)O)c(C(C)(C)C)cc2c1.NC(CO)(CO)CO. The van der Waals surface area contributed by atoms with Crippen LogP contribution in [0, 0.1) is 0 Å². The molecule has 0 amide bonds. The van der Waals surface area contributed by atoms with Crippen LogP contribution in [0.2, 0.25) is 0 Å². The summed E-state index contributed by atoms with van der Waals surface area (Å²) in [5.41, 5.74) is 6.14. The minimum Gasteiger partial charge on any atom is -0.427 e. The third-order valence-electron chi connectivity index (χ3n) is 4.74. The summed E-state index contributed by atoms with van der Waals surface area (Å²) >= 11 is 0. The predicted molar refractivity (Wildman–Crippen MR) is 122 cm³/mol. The second-order valence-corrected chi connectivity index (χ2v) is 10.3. The predicted octanol–water partition coefficient (Wildman–Crippen LogP) is 2.69. The molecule has 2 aromatic carbocycles. The van der Waals surface area contributed by atoms with E-state index in [2.05, 4.69) is 65.8 Å². The molecule has 0 spiro atoms. The van der Waals surface area contributed by atoms with Crippen LogP contribution in [0.5, 0.6) is 5.75 Å².